The van der Waals surface area contributed by atoms with Crippen LogP contribution in [-0.4, -0.2) is 11.4 Å². The van der Waals surface area contributed by atoms with Crippen LogP contribution in [0, 0.1) is 0 Å². The quantitative estimate of drug-likeness (QED) is 0.519. The first-order valence-corrected chi connectivity index (χ1v) is 9.05. The van der Waals surface area contributed by atoms with Crippen molar-refractivity contribution in [2.45, 2.75) is 52.0 Å². The molecule has 2 rings (SSSR count). The second-order valence-corrected chi connectivity index (χ2v) is 6.21. The van der Waals surface area contributed by atoms with Gasteiger partial charge >= 0.3 is 0 Å². The van der Waals surface area contributed by atoms with Crippen LogP contribution < -0.4 is 0 Å². The molecule has 114 valence electrons. The Labute approximate surface area is 137 Å². The molecule has 0 saturated heterocycles. The van der Waals surface area contributed by atoms with Crippen molar-refractivity contribution in [1.82, 2.24) is 4.90 Å². The van der Waals surface area contributed by atoms with E-state index in [1.54, 1.807) is 0 Å². The lowest BCUT2D eigenvalue weighted by atomic mass is 10.0. The van der Waals surface area contributed by atoms with E-state index in [-0.39, 0.29) is 0 Å². The van der Waals surface area contributed by atoms with Gasteiger partial charge in [0.25, 0.3) is 0 Å². The van der Waals surface area contributed by atoms with Gasteiger partial charge in [0.15, 0.2) is 0 Å². The molecule has 0 aliphatic carbocycles. The Morgan fingerprint density at radius 3 is 2.57 bits per heavy atom. The van der Waals surface area contributed by atoms with Crippen LogP contribution in [-0.2, 0) is 6.54 Å². The molecule has 1 aliphatic rings. The fourth-order valence-electron chi connectivity index (χ4n) is 2.87. The first-order valence-electron chi connectivity index (χ1n) is 8.13. The maximum absolute atomic E-state index is 3.56. The molecular formula is C19H26BrN. The van der Waals surface area contributed by atoms with Crippen LogP contribution in [0.25, 0.3) is 0 Å². The third kappa shape index (κ3) is 5.03. The zero-order valence-corrected chi connectivity index (χ0v) is 14.6. The summed E-state index contributed by atoms with van der Waals surface area (Å²) in [7, 11) is 0. The van der Waals surface area contributed by atoms with E-state index in [0.717, 1.165) is 13.1 Å². The van der Waals surface area contributed by atoms with Crippen LogP contribution >= 0.6 is 15.9 Å². The highest BCUT2D eigenvalue weighted by atomic mass is 79.9. The van der Waals surface area contributed by atoms with Crippen molar-refractivity contribution in [1.29, 1.82) is 0 Å². The van der Waals surface area contributed by atoms with Gasteiger partial charge in [0.2, 0.25) is 0 Å². The lowest BCUT2D eigenvalue weighted by Crippen LogP contribution is -2.18. The van der Waals surface area contributed by atoms with Crippen molar-refractivity contribution >= 4 is 15.9 Å². The van der Waals surface area contributed by atoms with Crippen molar-refractivity contribution in [3.63, 3.8) is 0 Å². The largest absolute Gasteiger partial charge is 0.363 e. The van der Waals surface area contributed by atoms with E-state index in [1.807, 2.05) is 0 Å². The average Bonchev–Trinajstić information content (AvgIpc) is 2.90. The molecule has 0 amide bonds. The molecule has 0 spiro atoms. The van der Waals surface area contributed by atoms with E-state index in [9.17, 15) is 0 Å². The number of benzene rings is 1. The minimum atomic E-state index is 0.994. The van der Waals surface area contributed by atoms with Gasteiger partial charge in [-0.25, -0.2) is 0 Å². The third-order valence-corrected chi connectivity index (χ3v) is 4.53. The fraction of sp³-hybridized carbons (Fsp3) is 0.474. The van der Waals surface area contributed by atoms with Crippen molar-refractivity contribution < 1.29 is 0 Å². The summed E-state index contributed by atoms with van der Waals surface area (Å²) in [6.07, 6.45) is 10.4. The highest BCUT2D eigenvalue weighted by Gasteiger charge is 2.19. The minimum Gasteiger partial charge on any atom is -0.363 e. The van der Waals surface area contributed by atoms with E-state index in [1.165, 1.54) is 55.4 Å². The maximum atomic E-state index is 3.56. The Morgan fingerprint density at radius 2 is 1.86 bits per heavy atom. The SMILES string of the molecule is CCCCCCCC1=CCN(Cc2ccccc2)C1=CBr. The molecule has 0 atom stereocenters. The van der Waals surface area contributed by atoms with Crippen molar-refractivity contribution in [2.75, 3.05) is 6.54 Å². The van der Waals surface area contributed by atoms with Crippen LogP contribution in [0.15, 0.2) is 52.7 Å². The molecule has 0 aromatic heterocycles. The Balaban J connectivity index is 1.83. The monoisotopic (exact) mass is 347 g/mol. The number of hydrogen-bond acceptors (Lipinski definition) is 1. The topological polar surface area (TPSA) is 3.24 Å². The van der Waals surface area contributed by atoms with E-state index in [2.05, 4.69) is 69.1 Å². The maximum Gasteiger partial charge on any atom is 0.0472 e. The zero-order valence-electron chi connectivity index (χ0n) is 13.0. The number of rotatable bonds is 8. The van der Waals surface area contributed by atoms with Crippen molar-refractivity contribution in [3.05, 3.63) is 58.2 Å². The van der Waals surface area contributed by atoms with E-state index < -0.39 is 0 Å². The number of halogens is 1. The summed E-state index contributed by atoms with van der Waals surface area (Å²) in [5.74, 6) is 0. The summed E-state index contributed by atoms with van der Waals surface area (Å²) in [4.78, 5) is 4.55. The molecule has 0 unspecified atom stereocenters. The molecule has 1 aromatic carbocycles. The first-order chi connectivity index (χ1) is 10.3. The van der Waals surface area contributed by atoms with E-state index in [0.29, 0.717) is 0 Å². The highest BCUT2D eigenvalue weighted by molar-refractivity contribution is 9.11. The van der Waals surface area contributed by atoms with Gasteiger partial charge in [-0.1, -0.05) is 84.9 Å². The summed E-state index contributed by atoms with van der Waals surface area (Å²) in [5.41, 5.74) is 4.26. The molecule has 21 heavy (non-hydrogen) atoms. The predicted molar refractivity (Wildman–Crippen MR) is 95.3 cm³/mol. The molecule has 0 bridgehead atoms. The Hall–Kier alpha value is -1.02. The normalized spacial score (nSPS) is 16.6. The molecule has 1 heterocycles. The van der Waals surface area contributed by atoms with Gasteiger partial charge in [0.05, 0.1) is 0 Å². The molecule has 1 aliphatic heterocycles. The smallest absolute Gasteiger partial charge is 0.0472 e. The molecule has 1 aromatic rings. The second-order valence-electron chi connectivity index (χ2n) is 5.75. The third-order valence-electron chi connectivity index (χ3n) is 4.10. The molecule has 0 saturated carbocycles. The van der Waals surface area contributed by atoms with E-state index in [4.69, 9.17) is 0 Å². The summed E-state index contributed by atoms with van der Waals surface area (Å²) in [6, 6.07) is 10.7. The number of hydrogen-bond donors (Lipinski definition) is 0. The van der Waals surface area contributed by atoms with Crippen LogP contribution in [0.4, 0.5) is 0 Å². The number of allylic oxidation sites excluding steroid dienone is 1. The zero-order chi connectivity index (χ0) is 14.9. The minimum absolute atomic E-state index is 0.994. The van der Waals surface area contributed by atoms with Crippen LogP contribution in [0.2, 0.25) is 0 Å². The Morgan fingerprint density at radius 1 is 1.10 bits per heavy atom. The highest BCUT2D eigenvalue weighted by Crippen LogP contribution is 2.29. The summed E-state index contributed by atoms with van der Waals surface area (Å²) in [5, 5.41) is 0. The molecule has 0 fully saturated rings. The van der Waals surface area contributed by atoms with Gasteiger partial charge < -0.3 is 4.90 Å². The average molecular weight is 348 g/mol. The van der Waals surface area contributed by atoms with Gasteiger partial charge in [-0.15, -0.1) is 0 Å². The molecule has 0 N–H and O–H groups in total. The Kier molecular flexibility index (Phi) is 7.08. The molecule has 1 nitrogen and oxygen atoms in total. The van der Waals surface area contributed by atoms with Gasteiger partial charge in [-0.2, -0.15) is 0 Å². The van der Waals surface area contributed by atoms with Gasteiger partial charge in [0.1, 0.15) is 0 Å². The van der Waals surface area contributed by atoms with Gasteiger partial charge in [-0.05, 0) is 24.0 Å². The Bertz CT molecular complexity index is 476. The predicted octanol–water partition coefficient (Wildman–Crippen LogP) is 6.03. The van der Waals surface area contributed by atoms with Gasteiger partial charge in [-0.3, -0.25) is 0 Å². The first kappa shape index (κ1) is 16.4. The number of nitrogens with zero attached hydrogens (tertiary/aromatic N) is 1. The van der Waals surface area contributed by atoms with E-state index >= 15 is 0 Å². The lowest BCUT2D eigenvalue weighted by molar-refractivity contribution is 0.397. The fourth-order valence-corrected chi connectivity index (χ4v) is 3.45. The second kappa shape index (κ2) is 9.09. The van der Waals surface area contributed by atoms with Gasteiger partial charge in [0, 0.05) is 23.8 Å². The molecular weight excluding hydrogens is 322 g/mol. The lowest BCUT2D eigenvalue weighted by Gasteiger charge is -2.21. The standard InChI is InChI=1S/C19H26BrN/c1-2-3-4-5-9-12-18-13-14-21(19(18)15-20)16-17-10-7-6-8-11-17/h6-8,10-11,13,15H,2-5,9,12,14,16H2,1H3. The van der Waals surface area contributed by atoms with Crippen LogP contribution in [0.1, 0.15) is 51.0 Å². The van der Waals surface area contributed by atoms with Crippen molar-refractivity contribution in [3.8, 4) is 0 Å². The molecule has 0 radical (unpaired) electrons. The van der Waals surface area contributed by atoms with Crippen LogP contribution in [0.3, 0.4) is 0 Å². The summed E-state index contributed by atoms with van der Waals surface area (Å²) >= 11 is 3.56. The molecule has 2 heteroatoms. The summed E-state index contributed by atoms with van der Waals surface area (Å²) in [6.45, 7) is 4.30. The number of unbranched alkanes of at least 4 members (excludes halogenated alkanes) is 4. The van der Waals surface area contributed by atoms with Crippen molar-refractivity contribution in [2.24, 2.45) is 0 Å². The summed E-state index contributed by atoms with van der Waals surface area (Å²) < 4.78 is 0. The van der Waals surface area contributed by atoms with Crippen LogP contribution in [0.5, 0.6) is 0 Å².